The number of thiophene rings is 1. The highest BCUT2D eigenvalue weighted by Gasteiger charge is 2.30. The van der Waals surface area contributed by atoms with Crippen molar-refractivity contribution in [2.75, 3.05) is 0 Å². The number of nitrogens with zero attached hydrogens (tertiary/aromatic N) is 2. The smallest absolute Gasteiger partial charge is 0.347 e. The molecule has 0 bridgehead atoms. The van der Waals surface area contributed by atoms with Gasteiger partial charge in [0, 0.05) is 29.8 Å². The van der Waals surface area contributed by atoms with Gasteiger partial charge in [-0.1, -0.05) is 12.1 Å². The Bertz CT molecular complexity index is 1360. The average Bonchev–Trinajstić information content (AvgIpc) is 3.52. The molecule has 1 aromatic carbocycles. The minimum absolute atomic E-state index is 0.622. The summed E-state index contributed by atoms with van der Waals surface area (Å²) >= 11 is 3.31. The topological polar surface area (TPSA) is 97.5 Å². The van der Waals surface area contributed by atoms with Gasteiger partial charge in [0.25, 0.3) is 0 Å². The zero-order chi connectivity index (χ0) is 26.0. The third-order valence-electron chi connectivity index (χ3n) is 5.79. The molecule has 0 radical (unpaired) electrons. The molecule has 7 nitrogen and oxygen atoms in total. The number of rotatable bonds is 10. The maximum absolute atomic E-state index is 11.4. The molecule has 0 saturated carbocycles. The Labute approximate surface area is 219 Å². The largest absolute Gasteiger partial charge is 0.478 e. The fourth-order valence-corrected chi connectivity index (χ4v) is 5.40. The molecule has 0 aliphatic heterocycles. The molecule has 2 N–H and O–H groups in total. The zero-order valence-electron chi connectivity index (χ0n) is 21.4. The van der Waals surface area contributed by atoms with Crippen molar-refractivity contribution in [3.8, 4) is 16.5 Å². The van der Waals surface area contributed by atoms with Gasteiger partial charge in [0.2, 0.25) is 5.89 Å². The van der Waals surface area contributed by atoms with Gasteiger partial charge < -0.3 is 19.6 Å². The molecule has 9 heteroatoms. The number of benzene rings is 1. The molecule has 0 fully saturated rings. The van der Waals surface area contributed by atoms with Gasteiger partial charge in [-0.2, -0.15) is 0 Å². The molecule has 0 amide bonds. The van der Waals surface area contributed by atoms with E-state index in [4.69, 9.17) is 19.1 Å². The molecule has 36 heavy (non-hydrogen) atoms. The van der Waals surface area contributed by atoms with Gasteiger partial charge in [-0.15, -0.1) is 22.7 Å². The fourth-order valence-electron chi connectivity index (χ4n) is 3.85. The van der Waals surface area contributed by atoms with E-state index in [9.17, 15) is 9.90 Å². The van der Waals surface area contributed by atoms with Crippen molar-refractivity contribution in [2.24, 2.45) is 0 Å². The number of hydrogen-bond acceptors (Lipinski definition) is 8. The second-order valence-corrected chi connectivity index (χ2v) is 11.7. The van der Waals surface area contributed by atoms with Gasteiger partial charge in [-0.3, -0.25) is 0 Å². The number of carboxylic acid groups (broad SMARTS) is 1. The van der Waals surface area contributed by atoms with E-state index in [0.29, 0.717) is 31.2 Å². The van der Waals surface area contributed by atoms with Crippen LogP contribution in [0.15, 0.2) is 34.1 Å². The normalized spacial score (nSPS) is 11.7. The van der Waals surface area contributed by atoms with Crippen LogP contribution in [0.5, 0.6) is 5.75 Å². The highest BCUT2D eigenvalue weighted by molar-refractivity contribution is 7.15. The molecule has 0 unspecified atom stereocenters. The Morgan fingerprint density at radius 3 is 2.47 bits per heavy atom. The van der Waals surface area contributed by atoms with Gasteiger partial charge in [0.05, 0.1) is 16.3 Å². The van der Waals surface area contributed by atoms with Crippen LogP contribution < -0.4 is 10.1 Å². The van der Waals surface area contributed by atoms with Gasteiger partial charge in [-0.25, -0.2) is 14.8 Å². The number of aromatic nitrogens is 2. The van der Waals surface area contributed by atoms with Gasteiger partial charge >= 0.3 is 5.97 Å². The van der Waals surface area contributed by atoms with Crippen molar-refractivity contribution >= 4 is 28.6 Å². The first-order valence-corrected chi connectivity index (χ1v) is 13.4. The molecule has 0 spiro atoms. The molecule has 0 aliphatic carbocycles. The van der Waals surface area contributed by atoms with Crippen LogP contribution in [-0.4, -0.2) is 26.6 Å². The molecular formula is C27H31N3O4S2. The fraction of sp³-hybridized carbons (Fsp3) is 0.370. The lowest BCUT2D eigenvalue weighted by Gasteiger charge is -2.24. The third-order valence-corrected chi connectivity index (χ3v) is 7.68. The summed E-state index contributed by atoms with van der Waals surface area (Å²) in [7, 11) is 0. The van der Waals surface area contributed by atoms with Crippen LogP contribution in [0.3, 0.4) is 0 Å². The van der Waals surface area contributed by atoms with Crippen molar-refractivity contribution in [3.63, 3.8) is 0 Å². The Morgan fingerprint density at radius 1 is 1.11 bits per heavy atom. The number of ether oxygens (including phenoxy) is 1. The van der Waals surface area contributed by atoms with E-state index in [-0.39, 0.29) is 0 Å². The number of aryl methyl sites for hydroxylation is 4. The summed E-state index contributed by atoms with van der Waals surface area (Å²) in [5.74, 6) is 1.13. The van der Waals surface area contributed by atoms with Crippen LogP contribution in [0.4, 0.5) is 0 Å². The van der Waals surface area contributed by atoms with E-state index in [1.807, 2.05) is 39.0 Å². The number of hydrogen-bond donors (Lipinski definition) is 2. The lowest BCUT2D eigenvalue weighted by atomic mass is 10.0. The Kier molecular flexibility index (Phi) is 7.63. The van der Waals surface area contributed by atoms with E-state index >= 15 is 0 Å². The molecule has 190 valence electrons. The van der Waals surface area contributed by atoms with Crippen LogP contribution in [-0.2, 0) is 24.3 Å². The predicted octanol–water partition coefficient (Wildman–Crippen LogP) is 6.22. The minimum Gasteiger partial charge on any atom is -0.478 e. The molecule has 0 saturated heterocycles. The number of oxazole rings is 1. The van der Waals surface area contributed by atoms with E-state index in [1.165, 1.54) is 4.88 Å². The quantitative estimate of drug-likeness (QED) is 0.254. The van der Waals surface area contributed by atoms with Crippen LogP contribution in [0.2, 0.25) is 0 Å². The average molecular weight is 526 g/mol. The van der Waals surface area contributed by atoms with Crippen molar-refractivity contribution < 1.29 is 19.1 Å². The first-order chi connectivity index (χ1) is 17.0. The summed E-state index contributed by atoms with van der Waals surface area (Å²) in [6.07, 6.45) is 0.642. The Morgan fingerprint density at radius 2 is 1.83 bits per heavy atom. The highest BCUT2D eigenvalue weighted by atomic mass is 32.1. The van der Waals surface area contributed by atoms with Crippen molar-refractivity contribution in [1.82, 2.24) is 15.3 Å². The Hall–Kier alpha value is -3.01. The first-order valence-electron chi connectivity index (χ1n) is 11.7. The predicted molar refractivity (Wildman–Crippen MR) is 143 cm³/mol. The monoisotopic (exact) mass is 525 g/mol. The van der Waals surface area contributed by atoms with Crippen LogP contribution in [0.1, 0.15) is 57.6 Å². The lowest BCUT2D eigenvalue weighted by molar-refractivity contribution is -0.152. The Balaban J connectivity index is 1.34. The second-order valence-electron chi connectivity index (χ2n) is 9.42. The third kappa shape index (κ3) is 6.03. The standard InChI is InChI=1S/C27H31N3O4S2/c1-15-9-19(10-16(2)24(15)34-27(5,6)26(31)32)12-28-13-23-29-20(14-35-23)11-21-18(4)33-25(30-21)22-8-7-17(3)36-22/h7-10,14,28H,11-13H2,1-6H3,(H,31,32). The molecule has 3 heterocycles. The number of nitrogens with one attached hydrogen (secondary N) is 1. The highest BCUT2D eigenvalue weighted by Crippen LogP contribution is 2.30. The minimum atomic E-state index is -1.28. The summed E-state index contributed by atoms with van der Waals surface area (Å²) < 4.78 is 11.7. The maximum Gasteiger partial charge on any atom is 0.347 e. The van der Waals surface area contributed by atoms with E-state index in [2.05, 4.69) is 23.7 Å². The van der Waals surface area contributed by atoms with Crippen molar-refractivity contribution in [2.45, 2.75) is 66.7 Å². The van der Waals surface area contributed by atoms with Gasteiger partial charge in [0.1, 0.15) is 16.5 Å². The molecule has 4 rings (SSSR count). The molecule has 0 aliphatic rings. The first kappa shape index (κ1) is 26.1. The number of carbonyl (C=O) groups is 1. The SMILES string of the molecule is Cc1ccc(-c2nc(Cc3csc(CNCc4cc(C)c(OC(C)(C)C(=O)O)c(C)c4)n3)c(C)o2)s1. The van der Waals surface area contributed by atoms with E-state index in [1.54, 1.807) is 36.5 Å². The van der Waals surface area contributed by atoms with Crippen LogP contribution >= 0.6 is 22.7 Å². The molecule has 0 atom stereocenters. The number of thiazole rings is 1. The molecular weight excluding hydrogens is 494 g/mol. The maximum atomic E-state index is 11.4. The summed E-state index contributed by atoms with van der Waals surface area (Å²) in [5, 5.41) is 15.9. The lowest BCUT2D eigenvalue weighted by Crippen LogP contribution is -2.38. The second kappa shape index (κ2) is 10.5. The summed E-state index contributed by atoms with van der Waals surface area (Å²) in [5.41, 5.74) is 3.55. The van der Waals surface area contributed by atoms with Crippen LogP contribution in [0, 0.1) is 27.7 Å². The molecule has 4 aromatic rings. The van der Waals surface area contributed by atoms with Crippen LogP contribution in [0.25, 0.3) is 10.8 Å². The summed E-state index contributed by atoms with van der Waals surface area (Å²) in [4.78, 5) is 23.2. The molecule has 3 aromatic heterocycles. The van der Waals surface area contributed by atoms with Crippen molar-refractivity contribution in [1.29, 1.82) is 0 Å². The summed E-state index contributed by atoms with van der Waals surface area (Å²) in [6, 6.07) is 8.17. The summed E-state index contributed by atoms with van der Waals surface area (Å²) in [6.45, 7) is 12.3. The zero-order valence-corrected chi connectivity index (χ0v) is 23.0. The van der Waals surface area contributed by atoms with Crippen molar-refractivity contribution in [3.05, 3.63) is 73.4 Å². The van der Waals surface area contributed by atoms with E-state index in [0.717, 1.165) is 43.7 Å². The number of aliphatic carboxylic acids is 1. The number of carboxylic acids is 1. The van der Waals surface area contributed by atoms with E-state index < -0.39 is 11.6 Å². The van der Waals surface area contributed by atoms with Gasteiger partial charge in [-0.05, 0) is 70.4 Å². The van der Waals surface area contributed by atoms with Gasteiger partial charge in [0.15, 0.2) is 5.60 Å².